The average molecular weight is 277 g/mol. The van der Waals surface area contributed by atoms with Gasteiger partial charge in [0.15, 0.2) is 0 Å². The van der Waals surface area contributed by atoms with E-state index in [0.717, 1.165) is 6.04 Å². The molecule has 17 heavy (non-hydrogen) atoms. The molecule has 0 radical (unpaired) electrons. The number of halogens is 3. The summed E-state index contributed by atoms with van der Waals surface area (Å²) in [4.78, 5) is 2.56. The molecule has 1 heterocycles. The van der Waals surface area contributed by atoms with Crippen molar-refractivity contribution < 1.29 is 26.1 Å². The van der Waals surface area contributed by atoms with Gasteiger partial charge in [-0.2, -0.15) is 21.6 Å². The van der Waals surface area contributed by atoms with Gasteiger partial charge in [-0.15, -0.1) is 0 Å². The first-order valence-electron chi connectivity index (χ1n) is 5.37. The molecule has 104 valence electrons. The first-order chi connectivity index (χ1) is 7.59. The van der Waals surface area contributed by atoms with Crippen molar-refractivity contribution in [1.29, 1.82) is 0 Å². The molecule has 1 atom stereocenters. The Morgan fingerprint density at radius 2 is 1.82 bits per heavy atom. The van der Waals surface area contributed by atoms with Gasteiger partial charge < -0.3 is 4.90 Å². The van der Waals surface area contributed by atoms with Crippen LogP contribution in [0.1, 0.15) is 33.1 Å². The topological polar surface area (TPSA) is 57.6 Å². The molecule has 0 spiro atoms. The standard InChI is InChI=1S/C8H17N.CHF3O3S/c1-3-9-7-5-4-6-8(9)2;2-1(3,4)8(5,6)7/h8H,3-7H2,1-2H3;(H,5,6,7). The SMILES string of the molecule is CCN1CCCCC1C.O=S(=O)(O)C(F)(F)F. The molecule has 1 N–H and O–H groups in total. The van der Waals surface area contributed by atoms with Crippen molar-refractivity contribution in [2.24, 2.45) is 0 Å². The Morgan fingerprint density at radius 3 is 2.06 bits per heavy atom. The molecule has 0 aliphatic carbocycles. The van der Waals surface area contributed by atoms with E-state index < -0.39 is 15.6 Å². The molecule has 1 aliphatic heterocycles. The predicted octanol–water partition coefficient (Wildman–Crippen LogP) is 2.27. The first kappa shape index (κ1) is 16.7. The molecule has 0 bridgehead atoms. The summed E-state index contributed by atoms with van der Waals surface area (Å²) in [7, 11) is -5.84. The lowest BCUT2D eigenvalue weighted by molar-refractivity contribution is -0.0510. The van der Waals surface area contributed by atoms with Gasteiger partial charge in [-0.3, -0.25) is 4.55 Å². The molecular weight excluding hydrogens is 259 g/mol. The van der Waals surface area contributed by atoms with E-state index in [0.29, 0.717) is 0 Å². The highest BCUT2D eigenvalue weighted by atomic mass is 32.2. The first-order valence-corrected chi connectivity index (χ1v) is 6.81. The molecule has 1 aliphatic rings. The van der Waals surface area contributed by atoms with Crippen LogP contribution in [0.4, 0.5) is 13.2 Å². The zero-order chi connectivity index (χ0) is 13.7. The lowest BCUT2D eigenvalue weighted by Crippen LogP contribution is -2.36. The third kappa shape index (κ3) is 6.23. The van der Waals surface area contributed by atoms with E-state index >= 15 is 0 Å². The van der Waals surface area contributed by atoms with Crippen LogP contribution in [-0.4, -0.2) is 42.5 Å². The van der Waals surface area contributed by atoms with E-state index in [9.17, 15) is 13.2 Å². The highest BCUT2D eigenvalue weighted by Gasteiger charge is 2.44. The predicted molar refractivity (Wildman–Crippen MR) is 58.2 cm³/mol. The largest absolute Gasteiger partial charge is 0.522 e. The Bertz CT molecular complexity index is 316. The van der Waals surface area contributed by atoms with Crippen LogP contribution in [-0.2, 0) is 10.1 Å². The summed E-state index contributed by atoms with van der Waals surface area (Å²) in [5, 5.41) is 0. The number of rotatable bonds is 1. The number of hydrogen-bond donors (Lipinski definition) is 1. The van der Waals surface area contributed by atoms with E-state index in [1.54, 1.807) is 0 Å². The van der Waals surface area contributed by atoms with Crippen LogP contribution < -0.4 is 0 Å². The molecule has 1 fully saturated rings. The second kappa shape index (κ2) is 6.55. The van der Waals surface area contributed by atoms with E-state index in [1.807, 2.05) is 0 Å². The third-order valence-corrected chi connectivity index (χ3v) is 3.22. The molecule has 0 aromatic heterocycles. The lowest BCUT2D eigenvalue weighted by atomic mass is 10.0. The summed E-state index contributed by atoms with van der Waals surface area (Å²) < 4.78 is 57.5. The van der Waals surface area contributed by atoms with E-state index in [2.05, 4.69) is 18.7 Å². The molecule has 1 saturated heterocycles. The number of likely N-dealkylation sites (tertiary alicyclic amines) is 1. The van der Waals surface area contributed by atoms with Crippen LogP contribution >= 0.6 is 0 Å². The van der Waals surface area contributed by atoms with Crippen LogP contribution in [0.3, 0.4) is 0 Å². The zero-order valence-electron chi connectivity index (χ0n) is 9.87. The Labute approximate surface area is 99.5 Å². The van der Waals surface area contributed by atoms with Crippen molar-refractivity contribution in [1.82, 2.24) is 4.90 Å². The Hall–Kier alpha value is -0.340. The molecule has 0 amide bonds. The van der Waals surface area contributed by atoms with Gasteiger partial charge in [-0.25, -0.2) is 0 Å². The summed E-state index contributed by atoms with van der Waals surface area (Å²) in [6.45, 7) is 7.16. The van der Waals surface area contributed by atoms with Crippen LogP contribution in [0.2, 0.25) is 0 Å². The lowest BCUT2D eigenvalue weighted by Gasteiger charge is -2.31. The minimum absolute atomic E-state index is 0.851. The van der Waals surface area contributed by atoms with Gasteiger partial charge >= 0.3 is 15.6 Å². The van der Waals surface area contributed by atoms with Crippen molar-refractivity contribution in [3.63, 3.8) is 0 Å². The zero-order valence-corrected chi connectivity index (χ0v) is 10.7. The summed E-state index contributed by atoms with van der Waals surface area (Å²) in [5.74, 6) is 0. The fourth-order valence-corrected chi connectivity index (χ4v) is 1.63. The molecule has 4 nitrogen and oxygen atoms in total. The van der Waals surface area contributed by atoms with E-state index in [4.69, 9.17) is 13.0 Å². The second-order valence-corrected chi connectivity index (χ2v) is 5.31. The molecule has 0 saturated carbocycles. The van der Waals surface area contributed by atoms with Gasteiger partial charge in [0.2, 0.25) is 0 Å². The van der Waals surface area contributed by atoms with E-state index in [1.165, 1.54) is 32.4 Å². The Balaban J connectivity index is 0.000000304. The van der Waals surface area contributed by atoms with Crippen molar-refractivity contribution in [3.8, 4) is 0 Å². The van der Waals surface area contributed by atoms with Crippen molar-refractivity contribution in [2.75, 3.05) is 13.1 Å². The minimum atomic E-state index is -5.84. The Morgan fingerprint density at radius 1 is 1.35 bits per heavy atom. The van der Waals surface area contributed by atoms with Gasteiger partial charge in [-0.05, 0) is 32.9 Å². The second-order valence-electron chi connectivity index (χ2n) is 3.89. The molecule has 1 rings (SSSR count). The van der Waals surface area contributed by atoms with Gasteiger partial charge in [0.1, 0.15) is 0 Å². The summed E-state index contributed by atoms with van der Waals surface area (Å²) in [5.41, 5.74) is -5.53. The van der Waals surface area contributed by atoms with E-state index in [-0.39, 0.29) is 0 Å². The Kier molecular flexibility index (Phi) is 6.42. The van der Waals surface area contributed by atoms with Crippen molar-refractivity contribution in [3.05, 3.63) is 0 Å². The van der Waals surface area contributed by atoms with Crippen LogP contribution in [0.5, 0.6) is 0 Å². The van der Waals surface area contributed by atoms with Gasteiger partial charge in [0, 0.05) is 6.04 Å². The molecule has 1 unspecified atom stereocenters. The number of nitrogens with zero attached hydrogens (tertiary/aromatic N) is 1. The monoisotopic (exact) mass is 277 g/mol. The highest BCUT2D eigenvalue weighted by Crippen LogP contribution is 2.20. The fraction of sp³-hybridized carbons (Fsp3) is 1.00. The smallest absolute Gasteiger partial charge is 0.301 e. The van der Waals surface area contributed by atoms with Crippen molar-refractivity contribution in [2.45, 2.75) is 44.7 Å². The molecule has 8 heteroatoms. The van der Waals surface area contributed by atoms with Crippen LogP contribution in [0.25, 0.3) is 0 Å². The summed E-state index contributed by atoms with van der Waals surface area (Å²) in [6, 6.07) is 0.851. The van der Waals surface area contributed by atoms with Gasteiger partial charge in [0.05, 0.1) is 0 Å². The van der Waals surface area contributed by atoms with Crippen LogP contribution in [0.15, 0.2) is 0 Å². The minimum Gasteiger partial charge on any atom is -0.301 e. The third-order valence-electron chi connectivity index (χ3n) is 2.64. The maximum absolute atomic E-state index is 10.7. The highest BCUT2D eigenvalue weighted by molar-refractivity contribution is 7.86. The summed E-state index contributed by atoms with van der Waals surface area (Å²) in [6.07, 6.45) is 4.27. The van der Waals surface area contributed by atoms with Crippen LogP contribution in [0, 0.1) is 0 Å². The molecular formula is C9H18F3NO3S. The average Bonchev–Trinajstić information content (AvgIpc) is 2.16. The number of piperidine rings is 1. The normalized spacial score (nSPS) is 22.8. The quantitative estimate of drug-likeness (QED) is 0.590. The molecule has 0 aromatic carbocycles. The van der Waals surface area contributed by atoms with Gasteiger partial charge in [-0.1, -0.05) is 13.3 Å². The van der Waals surface area contributed by atoms with Gasteiger partial charge in [0.25, 0.3) is 0 Å². The number of hydrogen-bond acceptors (Lipinski definition) is 3. The van der Waals surface area contributed by atoms with Crippen molar-refractivity contribution >= 4 is 10.1 Å². The maximum atomic E-state index is 10.7. The number of alkyl halides is 3. The maximum Gasteiger partial charge on any atom is 0.522 e. The fourth-order valence-electron chi connectivity index (χ4n) is 1.63. The molecule has 0 aromatic rings. The summed E-state index contributed by atoms with van der Waals surface area (Å²) >= 11 is 0.